The summed E-state index contributed by atoms with van der Waals surface area (Å²) < 4.78 is 5.81. The number of rotatable bonds is 3. The number of carbonyl (C=O) groups is 1. The van der Waals surface area contributed by atoms with Crippen LogP contribution >= 0.6 is 0 Å². The number of cyclic esters (lactones) is 1. The summed E-state index contributed by atoms with van der Waals surface area (Å²) in [6, 6.07) is 16.2. The van der Waals surface area contributed by atoms with Gasteiger partial charge in [0.15, 0.2) is 0 Å². The van der Waals surface area contributed by atoms with E-state index in [-0.39, 0.29) is 5.97 Å². The predicted octanol–water partition coefficient (Wildman–Crippen LogP) is 4.01. The number of benzene rings is 2. The monoisotopic (exact) mass is 266 g/mol. The van der Waals surface area contributed by atoms with Gasteiger partial charge in [0.1, 0.15) is 5.60 Å². The van der Waals surface area contributed by atoms with E-state index in [1.165, 1.54) is 5.56 Å². The molecule has 0 bridgehead atoms. The molecule has 2 aromatic rings. The van der Waals surface area contributed by atoms with Crippen molar-refractivity contribution >= 4 is 5.97 Å². The lowest BCUT2D eigenvalue weighted by Crippen LogP contribution is -2.28. The average molecular weight is 266 g/mol. The zero-order valence-electron chi connectivity index (χ0n) is 11.8. The summed E-state index contributed by atoms with van der Waals surface area (Å²) >= 11 is 0. The van der Waals surface area contributed by atoms with Crippen LogP contribution in [0.15, 0.2) is 48.5 Å². The van der Waals surface area contributed by atoms with Crippen molar-refractivity contribution in [2.24, 2.45) is 0 Å². The van der Waals surface area contributed by atoms with E-state index in [0.29, 0.717) is 0 Å². The summed E-state index contributed by atoms with van der Waals surface area (Å²) in [5.41, 5.74) is 3.46. The highest BCUT2D eigenvalue weighted by atomic mass is 16.6. The maximum atomic E-state index is 12.2. The molecule has 2 nitrogen and oxygen atoms in total. The van der Waals surface area contributed by atoms with Gasteiger partial charge in [-0.25, -0.2) is 4.79 Å². The maximum Gasteiger partial charge on any atom is 0.339 e. The molecule has 0 saturated heterocycles. The molecule has 1 heterocycles. The molecule has 1 atom stereocenters. The highest BCUT2D eigenvalue weighted by molar-refractivity contribution is 5.96. The normalized spacial score (nSPS) is 20.6. The van der Waals surface area contributed by atoms with E-state index in [1.807, 2.05) is 43.3 Å². The van der Waals surface area contributed by atoms with Crippen molar-refractivity contribution in [2.45, 2.75) is 32.3 Å². The fourth-order valence-electron chi connectivity index (χ4n) is 3.05. The fraction of sp³-hybridized carbons (Fsp3) is 0.278. The molecular formula is C18H18O2. The summed E-state index contributed by atoms with van der Waals surface area (Å²) in [6.45, 7) is 4.04. The number of fused-ring (bicyclic) bond motifs is 1. The second-order valence-corrected chi connectivity index (χ2v) is 5.40. The second-order valence-electron chi connectivity index (χ2n) is 5.40. The van der Waals surface area contributed by atoms with Gasteiger partial charge in [0, 0.05) is 12.0 Å². The van der Waals surface area contributed by atoms with Gasteiger partial charge in [-0.05, 0) is 24.5 Å². The van der Waals surface area contributed by atoms with Gasteiger partial charge >= 0.3 is 5.97 Å². The SMILES string of the molecule is CCC1(Cc2ccccc2)OC(=O)c2c(C)cccc21. The molecule has 0 saturated carbocycles. The van der Waals surface area contributed by atoms with Gasteiger partial charge in [0.05, 0.1) is 5.56 Å². The summed E-state index contributed by atoms with van der Waals surface area (Å²) in [6.07, 6.45) is 1.51. The van der Waals surface area contributed by atoms with Gasteiger partial charge in [-0.1, -0.05) is 55.5 Å². The maximum absolute atomic E-state index is 12.2. The van der Waals surface area contributed by atoms with Gasteiger partial charge in [-0.15, -0.1) is 0 Å². The Balaban J connectivity index is 2.08. The van der Waals surface area contributed by atoms with Gasteiger partial charge in [-0.2, -0.15) is 0 Å². The quantitative estimate of drug-likeness (QED) is 0.784. The number of ether oxygens (including phenoxy) is 1. The Kier molecular flexibility index (Phi) is 3.09. The first-order valence-corrected chi connectivity index (χ1v) is 7.03. The average Bonchev–Trinajstić information content (AvgIpc) is 2.74. The smallest absolute Gasteiger partial charge is 0.339 e. The van der Waals surface area contributed by atoms with Crippen molar-refractivity contribution in [3.05, 3.63) is 70.8 Å². The zero-order chi connectivity index (χ0) is 14.2. The summed E-state index contributed by atoms with van der Waals surface area (Å²) in [7, 11) is 0. The van der Waals surface area contributed by atoms with E-state index >= 15 is 0 Å². The molecule has 102 valence electrons. The third-order valence-electron chi connectivity index (χ3n) is 4.16. The Morgan fingerprint density at radius 3 is 2.50 bits per heavy atom. The first kappa shape index (κ1) is 12.9. The predicted molar refractivity (Wildman–Crippen MR) is 78.7 cm³/mol. The summed E-state index contributed by atoms with van der Waals surface area (Å²) in [4.78, 5) is 12.2. The molecule has 1 aliphatic heterocycles. The topological polar surface area (TPSA) is 26.3 Å². The lowest BCUT2D eigenvalue weighted by Gasteiger charge is -2.27. The lowest BCUT2D eigenvalue weighted by atomic mass is 9.83. The third kappa shape index (κ3) is 1.92. The van der Waals surface area contributed by atoms with Gasteiger partial charge < -0.3 is 4.74 Å². The summed E-state index contributed by atoms with van der Waals surface area (Å²) in [5, 5.41) is 0. The van der Waals surface area contributed by atoms with Crippen molar-refractivity contribution in [3.8, 4) is 0 Å². The lowest BCUT2D eigenvalue weighted by molar-refractivity contribution is -0.0104. The number of esters is 1. The zero-order valence-corrected chi connectivity index (χ0v) is 11.8. The molecule has 0 aromatic heterocycles. The molecule has 3 rings (SSSR count). The van der Waals surface area contributed by atoms with Crippen molar-refractivity contribution < 1.29 is 9.53 Å². The third-order valence-corrected chi connectivity index (χ3v) is 4.16. The van der Waals surface area contributed by atoms with E-state index in [2.05, 4.69) is 19.1 Å². The highest BCUT2D eigenvalue weighted by Crippen LogP contribution is 2.42. The van der Waals surface area contributed by atoms with Gasteiger partial charge in [0.25, 0.3) is 0 Å². The molecule has 0 radical (unpaired) electrons. The number of aryl methyl sites for hydroxylation is 1. The minimum absolute atomic E-state index is 0.184. The van der Waals surface area contributed by atoms with Crippen LogP contribution in [0.1, 0.15) is 40.4 Å². The Hall–Kier alpha value is -2.09. The van der Waals surface area contributed by atoms with Crippen molar-refractivity contribution in [2.75, 3.05) is 0 Å². The molecule has 2 heteroatoms. The molecule has 20 heavy (non-hydrogen) atoms. The van der Waals surface area contributed by atoms with Crippen LogP contribution in [0.2, 0.25) is 0 Å². The Morgan fingerprint density at radius 1 is 1.05 bits per heavy atom. The van der Waals surface area contributed by atoms with Gasteiger partial charge in [-0.3, -0.25) is 0 Å². The Labute approximate surface area is 119 Å². The van der Waals surface area contributed by atoms with Crippen molar-refractivity contribution in [1.29, 1.82) is 0 Å². The first-order valence-electron chi connectivity index (χ1n) is 7.03. The van der Waals surface area contributed by atoms with Crippen LogP contribution in [0.25, 0.3) is 0 Å². The highest BCUT2D eigenvalue weighted by Gasteiger charge is 2.44. The van der Waals surface area contributed by atoms with Crippen molar-refractivity contribution in [1.82, 2.24) is 0 Å². The first-order chi connectivity index (χ1) is 9.66. The number of hydrogen-bond donors (Lipinski definition) is 0. The van der Waals surface area contributed by atoms with Crippen LogP contribution in [0.5, 0.6) is 0 Å². The standard InChI is InChI=1S/C18H18O2/c1-3-18(12-14-9-5-4-6-10-14)15-11-7-8-13(2)16(15)17(19)20-18/h4-11H,3,12H2,1-2H3. The van der Waals surface area contributed by atoms with E-state index in [0.717, 1.165) is 29.5 Å². The molecule has 0 amide bonds. The fourth-order valence-corrected chi connectivity index (χ4v) is 3.05. The molecular weight excluding hydrogens is 248 g/mol. The van der Waals surface area contributed by atoms with Crippen LogP contribution in [0.3, 0.4) is 0 Å². The molecule has 0 spiro atoms. The van der Waals surface area contributed by atoms with Crippen LogP contribution in [0, 0.1) is 6.92 Å². The van der Waals surface area contributed by atoms with Crippen molar-refractivity contribution in [3.63, 3.8) is 0 Å². The van der Waals surface area contributed by atoms with E-state index in [1.54, 1.807) is 0 Å². The van der Waals surface area contributed by atoms with Gasteiger partial charge in [0.2, 0.25) is 0 Å². The minimum Gasteiger partial charge on any atom is -0.450 e. The van der Waals surface area contributed by atoms with Crippen LogP contribution in [-0.4, -0.2) is 5.97 Å². The second kappa shape index (κ2) is 4.78. The van der Waals surface area contributed by atoms with Crippen LogP contribution < -0.4 is 0 Å². The molecule has 2 aromatic carbocycles. The summed E-state index contributed by atoms with van der Waals surface area (Å²) in [5.74, 6) is -0.184. The number of hydrogen-bond acceptors (Lipinski definition) is 2. The minimum atomic E-state index is -0.514. The molecule has 0 N–H and O–H groups in total. The molecule has 1 unspecified atom stereocenters. The molecule has 1 aliphatic rings. The Bertz CT molecular complexity index is 646. The van der Waals surface area contributed by atoms with Crippen LogP contribution in [0.4, 0.5) is 0 Å². The Morgan fingerprint density at radius 2 is 1.80 bits per heavy atom. The van der Waals surface area contributed by atoms with E-state index < -0.39 is 5.60 Å². The largest absolute Gasteiger partial charge is 0.450 e. The molecule has 0 aliphatic carbocycles. The molecule has 0 fully saturated rings. The van der Waals surface area contributed by atoms with E-state index in [4.69, 9.17) is 4.74 Å². The number of carbonyl (C=O) groups excluding carboxylic acids is 1. The van der Waals surface area contributed by atoms with E-state index in [9.17, 15) is 4.79 Å². The van der Waals surface area contributed by atoms with Crippen LogP contribution in [-0.2, 0) is 16.8 Å².